The summed E-state index contributed by atoms with van der Waals surface area (Å²) in [5, 5.41) is 3.48. The van der Waals surface area contributed by atoms with Crippen LogP contribution in [0.1, 0.15) is 30.8 Å². The highest BCUT2D eigenvalue weighted by Crippen LogP contribution is 2.24. The van der Waals surface area contributed by atoms with Crippen molar-refractivity contribution in [3.8, 4) is 11.5 Å². The van der Waals surface area contributed by atoms with Crippen molar-refractivity contribution in [2.45, 2.75) is 25.9 Å². The third-order valence-electron chi connectivity index (χ3n) is 3.28. The minimum atomic E-state index is 0.195. The Balaban J connectivity index is 2.09. The largest absolute Gasteiger partial charge is 0.497 e. The summed E-state index contributed by atoms with van der Waals surface area (Å²) in [5.74, 6) is 2.63. The first-order valence-electron chi connectivity index (χ1n) is 6.72. The number of rotatable bonds is 7. The molecule has 0 spiro atoms. The van der Waals surface area contributed by atoms with E-state index in [2.05, 4.69) is 22.2 Å². The van der Waals surface area contributed by atoms with Crippen LogP contribution in [0.15, 0.2) is 30.6 Å². The lowest BCUT2D eigenvalue weighted by Crippen LogP contribution is -2.21. The first-order valence-corrected chi connectivity index (χ1v) is 6.72. The lowest BCUT2D eigenvalue weighted by molar-refractivity contribution is 0.394. The number of nitrogens with one attached hydrogen (secondary N) is 2. The minimum Gasteiger partial charge on any atom is -0.497 e. The topological polar surface area (TPSA) is 59.2 Å². The van der Waals surface area contributed by atoms with Crippen molar-refractivity contribution < 1.29 is 9.47 Å². The minimum absolute atomic E-state index is 0.195. The number of hydrogen-bond acceptors (Lipinski definition) is 4. The van der Waals surface area contributed by atoms with Crippen LogP contribution in [0.3, 0.4) is 0 Å². The number of H-pyrrole nitrogens is 1. The van der Waals surface area contributed by atoms with Gasteiger partial charge in [0.2, 0.25) is 0 Å². The van der Waals surface area contributed by atoms with Crippen molar-refractivity contribution in [3.05, 3.63) is 42.0 Å². The lowest BCUT2D eigenvalue weighted by atomic mass is 10.1. The highest BCUT2D eigenvalue weighted by Gasteiger charge is 2.12. The van der Waals surface area contributed by atoms with Gasteiger partial charge < -0.3 is 19.8 Å². The van der Waals surface area contributed by atoms with E-state index in [0.717, 1.165) is 29.3 Å². The van der Waals surface area contributed by atoms with E-state index in [1.54, 1.807) is 20.4 Å². The highest BCUT2D eigenvalue weighted by molar-refractivity contribution is 5.40. The molecule has 2 N–H and O–H groups in total. The van der Waals surface area contributed by atoms with Crippen molar-refractivity contribution in [2.24, 2.45) is 0 Å². The van der Waals surface area contributed by atoms with Crippen molar-refractivity contribution >= 4 is 0 Å². The summed E-state index contributed by atoms with van der Waals surface area (Å²) in [6, 6.07) is 6.00. The quantitative estimate of drug-likeness (QED) is 0.815. The van der Waals surface area contributed by atoms with Crippen LogP contribution in [0.5, 0.6) is 11.5 Å². The summed E-state index contributed by atoms with van der Waals surface area (Å²) in [6.45, 7) is 2.82. The third kappa shape index (κ3) is 3.30. The molecule has 2 aromatic rings. The third-order valence-corrected chi connectivity index (χ3v) is 3.28. The zero-order valence-corrected chi connectivity index (χ0v) is 12.1. The number of aromatic amines is 1. The maximum Gasteiger partial charge on any atom is 0.123 e. The molecule has 1 aromatic heterocycles. The molecule has 0 saturated heterocycles. The predicted molar refractivity (Wildman–Crippen MR) is 78.0 cm³/mol. The van der Waals surface area contributed by atoms with E-state index < -0.39 is 0 Å². The number of benzene rings is 1. The van der Waals surface area contributed by atoms with Crippen LogP contribution in [-0.4, -0.2) is 24.2 Å². The van der Waals surface area contributed by atoms with Gasteiger partial charge in [-0.1, -0.05) is 6.92 Å². The van der Waals surface area contributed by atoms with E-state index in [-0.39, 0.29) is 6.04 Å². The molecule has 0 aliphatic carbocycles. The Morgan fingerprint density at radius 3 is 2.75 bits per heavy atom. The smallest absolute Gasteiger partial charge is 0.123 e. The molecule has 0 aliphatic heterocycles. The van der Waals surface area contributed by atoms with E-state index in [9.17, 15) is 0 Å². The molecule has 0 saturated carbocycles. The number of aromatic nitrogens is 2. The molecule has 1 unspecified atom stereocenters. The van der Waals surface area contributed by atoms with Gasteiger partial charge >= 0.3 is 0 Å². The molecule has 0 fully saturated rings. The summed E-state index contributed by atoms with van der Waals surface area (Å²) < 4.78 is 10.6. The molecule has 20 heavy (non-hydrogen) atoms. The second-order valence-electron chi connectivity index (χ2n) is 4.49. The zero-order chi connectivity index (χ0) is 14.4. The first kappa shape index (κ1) is 14.4. The maximum absolute atomic E-state index is 5.38. The number of methoxy groups -OCH3 is 2. The summed E-state index contributed by atoms with van der Waals surface area (Å²) in [5.41, 5.74) is 1.07. The van der Waals surface area contributed by atoms with Crippen molar-refractivity contribution in [1.29, 1.82) is 0 Å². The number of hydrogen-bond donors (Lipinski definition) is 2. The van der Waals surface area contributed by atoms with Gasteiger partial charge in [0.1, 0.15) is 17.3 Å². The van der Waals surface area contributed by atoms with Crippen molar-refractivity contribution in [2.75, 3.05) is 14.2 Å². The van der Waals surface area contributed by atoms with E-state index in [1.807, 2.05) is 24.4 Å². The van der Waals surface area contributed by atoms with Crippen LogP contribution in [0.25, 0.3) is 0 Å². The molecule has 1 heterocycles. The van der Waals surface area contributed by atoms with Gasteiger partial charge in [-0.2, -0.15) is 0 Å². The second kappa shape index (κ2) is 6.96. The molecule has 2 rings (SSSR count). The second-order valence-corrected chi connectivity index (χ2v) is 4.49. The molecule has 0 amide bonds. The molecule has 5 heteroatoms. The average Bonchev–Trinajstić information content (AvgIpc) is 3.02. The Morgan fingerprint density at radius 2 is 2.15 bits per heavy atom. The molecule has 1 atom stereocenters. The van der Waals surface area contributed by atoms with Crippen molar-refractivity contribution in [3.63, 3.8) is 0 Å². The number of ether oxygens (including phenoxy) is 2. The predicted octanol–water partition coefficient (Wildman–Crippen LogP) is 2.67. The van der Waals surface area contributed by atoms with Crippen molar-refractivity contribution in [1.82, 2.24) is 15.3 Å². The molecule has 1 aromatic carbocycles. The van der Waals surface area contributed by atoms with Gasteiger partial charge in [0.05, 0.1) is 20.3 Å². The van der Waals surface area contributed by atoms with Crippen LogP contribution in [0.4, 0.5) is 0 Å². The Bertz CT molecular complexity index is 526. The van der Waals surface area contributed by atoms with Crippen LogP contribution in [0, 0.1) is 0 Å². The molecule has 108 valence electrons. The Morgan fingerprint density at radius 1 is 1.30 bits per heavy atom. The lowest BCUT2D eigenvalue weighted by Gasteiger charge is -2.16. The Labute approximate surface area is 119 Å². The van der Waals surface area contributed by atoms with E-state index in [4.69, 9.17) is 9.47 Å². The van der Waals surface area contributed by atoms with Gasteiger partial charge in [0.25, 0.3) is 0 Å². The van der Waals surface area contributed by atoms with Gasteiger partial charge in [0.15, 0.2) is 0 Å². The summed E-state index contributed by atoms with van der Waals surface area (Å²) >= 11 is 0. The van der Waals surface area contributed by atoms with Crippen LogP contribution >= 0.6 is 0 Å². The zero-order valence-electron chi connectivity index (χ0n) is 12.1. The summed E-state index contributed by atoms with van der Waals surface area (Å²) in [7, 11) is 3.34. The standard InChI is InChI=1S/C15H21N3O2/c1-4-13(15-16-7-8-17-15)18-10-11-9-12(19-2)5-6-14(11)20-3/h5-9,13,18H,4,10H2,1-3H3,(H,16,17). The fourth-order valence-electron chi connectivity index (χ4n) is 2.16. The monoisotopic (exact) mass is 275 g/mol. The summed E-state index contributed by atoms with van der Waals surface area (Å²) in [4.78, 5) is 7.45. The summed E-state index contributed by atoms with van der Waals surface area (Å²) in [6.07, 6.45) is 4.57. The Hall–Kier alpha value is -2.01. The van der Waals surface area contributed by atoms with E-state index in [1.165, 1.54) is 0 Å². The fourth-order valence-corrected chi connectivity index (χ4v) is 2.16. The average molecular weight is 275 g/mol. The molecular formula is C15H21N3O2. The molecule has 5 nitrogen and oxygen atoms in total. The van der Waals surface area contributed by atoms with Gasteiger partial charge in [-0.3, -0.25) is 0 Å². The van der Waals surface area contributed by atoms with E-state index >= 15 is 0 Å². The van der Waals surface area contributed by atoms with Gasteiger partial charge in [-0.15, -0.1) is 0 Å². The molecule has 0 radical (unpaired) electrons. The SMILES string of the molecule is CCC(NCc1cc(OC)ccc1OC)c1ncc[nH]1. The Kier molecular flexibility index (Phi) is 5.01. The maximum atomic E-state index is 5.38. The normalized spacial score (nSPS) is 12.2. The van der Waals surface area contributed by atoms with Crippen LogP contribution in [0.2, 0.25) is 0 Å². The van der Waals surface area contributed by atoms with Gasteiger partial charge in [-0.25, -0.2) is 4.98 Å². The fraction of sp³-hybridized carbons (Fsp3) is 0.400. The van der Waals surface area contributed by atoms with Gasteiger partial charge in [0, 0.05) is 24.5 Å². The highest BCUT2D eigenvalue weighted by atomic mass is 16.5. The van der Waals surface area contributed by atoms with Crippen LogP contribution in [-0.2, 0) is 6.54 Å². The molecular weight excluding hydrogens is 254 g/mol. The number of imidazole rings is 1. The van der Waals surface area contributed by atoms with Crippen LogP contribution < -0.4 is 14.8 Å². The molecule has 0 aliphatic rings. The molecule has 0 bridgehead atoms. The first-order chi connectivity index (χ1) is 9.78. The van der Waals surface area contributed by atoms with Gasteiger partial charge in [-0.05, 0) is 24.6 Å². The van der Waals surface area contributed by atoms with E-state index in [0.29, 0.717) is 6.54 Å². The number of nitrogens with zero attached hydrogens (tertiary/aromatic N) is 1.